The van der Waals surface area contributed by atoms with Crippen molar-refractivity contribution in [2.75, 3.05) is 12.3 Å². The van der Waals surface area contributed by atoms with E-state index in [2.05, 4.69) is 10.6 Å². The Labute approximate surface area is 123 Å². The molecule has 0 aromatic heterocycles. The third kappa shape index (κ3) is 4.74. The predicted molar refractivity (Wildman–Crippen MR) is 80.6 cm³/mol. The van der Waals surface area contributed by atoms with Crippen molar-refractivity contribution in [1.29, 1.82) is 0 Å². The molecule has 0 radical (unpaired) electrons. The zero-order valence-electron chi connectivity index (χ0n) is 11.9. The topological polar surface area (TPSA) is 84.2 Å². The molecule has 6 heteroatoms. The van der Waals surface area contributed by atoms with Crippen LogP contribution in [-0.4, -0.2) is 24.4 Å². The third-order valence-electron chi connectivity index (χ3n) is 2.66. The number of amides is 2. The zero-order valence-corrected chi connectivity index (χ0v) is 12.6. The molecule has 0 aliphatic rings. The number of hydrogen-bond donors (Lipinski definition) is 3. The molecule has 0 saturated carbocycles. The minimum atomic E-state index is -0.630. The number of rotatable bonds is 5. The highest BCUT2D eigenvalue weighted by molar-refractivity contribution is 6.34. The van der Waals surface area contributed by atoms with Crippen LogP contribution in [0.2, 0.25) is 5.02 Å². The van der Waals surface area contributed by atoms with Crippen molar-refractivity contribution in [3.8, 4) is 0 Å². The van der Waals surface area contributed by atoms with Gasteiger partial charge in [-0.2, -0.15) is 0 Å². The molecule has 0 fully saturated rings. The Kier molecular flexibility index (Phi) is 5.82. The van der Waals surface area contributed by atoms with Crippen molar-refractivity contribution in [3.05, 3.63) is 28.8 Å². The molecular weight excluding hydrogens is 278 g/mol. The number of benzene rings is 1. The van der Waals surface area contributed by atoms with Crippen molar-refractivity contribution < 1.29 is 9.59 Å². The first kappa shape index (κ1) is 16.3. The quantitative estimate of drug-likeness (QED) is 0.725. The number of hydrogen-bond acceptors (Lipinski definition) is 3. The standard InChI is InChI=1S/C14H20ClN3O2/c1-8(2)7-17-13(19)9(3)18-14(20)11-5-4-10(16)6-12(11)15/h4-6,8-9H,7,16H2,1-3H3,(H,17,19)(H,18,20). The molecule has 20 heavy (non-hydrogen) atoms. The summed E-state index contributed by atoms with van der Waals surface area (Å²) < 4.78 is 0. The number of nitrogens with one attached hydrogen (secondary N) is 2. The van der Waals surface area contributed by atoms with Crippen LogP contribution < -0.4 is 16.4 Å². The van der Waals surface area contributed by atoms with E-state index in [-0.39, 0.29) is 10.9 Å². The van der Waals surface area contributed by atoms with Gasteiger partial charge in [0.1, 0.15) is 6.04 Å². The maximum Gasteiger partial charge on any atom is 0.253 e. The maximum atomic E-state index is 12.0. The summed E-state index contributed by atoms with van der Waals surface area (Å²) in [7, 11) is 0. The van der Waals surface area contributed by atoms with Gasteiger partial charge in [-0.1, -0.05) is 25.4 Å². The first-order valence-corrected chi connectivity index (χ1v) is 6.82. The molecular formula is C14H20ClN3O2. The van der Waals surface area contributed by atoms with Crippen molar-refractivity contribution in [2.45, 2.75) is 26.8 Å². The zero-order chi connectivity index (χ0) is 15.3. The molecule has 1 aromatic rings. The molecule has 1 atom stereocenters. The van der Waals surface area contributed by atoms with Crippen LogP contribution in [0.4, 0.5) is 5.69 Å². The first-order chi connectivity index (χ1) is 9.31. The summed E-state index contributed by atoms with van der Waals surface area (Å²) in [4.78, 5) is 23.8. The molecule has 110 valence electrons. The molecule has 0 aliphatic carbocycles. The molecule has 0 heterocycles. The van der Waals surface area contributed by atoms with Gasteiger partial charge in [0.05, 0.1) is 10.6 Å². The molecule has 1 aromatic carbocycles. The van der Waals surface area contributed by atoms with Crippen LogP contribution in [0.3, 0.4) is 0 Å². The third-order valence-corrected chi connectivity index (χ3v) is 2.98. The number of halogens is 1. The lowest BCUT2D eigenvalue weighted by Gasteiger charge is -2.15. The lowest BCUT2D eigenvalue weighted by atomic mass is 10.1. The van der Waals surface area contributed by atoms with E-state index in [1.165, 1.54) is 12.1 Å². The molecule has 4 N–H and O–H groups in total. The molecule has 1 unspecified atom stereocenters. The molecule has 1 rings (SSSR count). The van der Waals surface area contributed by atoms with Gasteiger partial charge in [0.2, 0.25) is 5.91 Å². The Bertz CT molecular complexity index is 503. The van der Waals surface area contributed by atoms with Crippen molar-refractivity contribution >= 4 is 29.1 Å². The van der Waals surface area contributed by atoms with Gasteiger partial charge in [0, 0.05) is 12.2 Å². The monoisotopic (exact) mass is 297 g/mol. The van der Waals surface area contributed by atoms with Gasteiger partial charge in [-0.05, 0) is 31.0 Å². The number of nitrogen functional groups attached to an aromatic ring is 1. The first-order valence-electron chi connectivity index (χ1n) is 6.45. The molecule has 0 saturated heterocycles. The second-order valence-corrected chi connectivity index (χ2v) is 5.48. The molecule has 0 aliphatic heterocycles. The summed E-state index contributed by atoms with van der Waals surface area (Å²) in [6, 6.07) is 3.99. The van der Waals surface area contributed by atoms with Gasteiger partial charge in [0.25, 0.3) is 5.91 Å². The highest BCUT2D eigenvalue weighted by Gasteiger charge is 2.18. The maximum absolute atomic E-state index is 12.0. The van der Waals surface area contributed by atoms with Crippen LogP contribution in [0, 0.1) is 5.92 Å². The summed E-state index contributed by atoms with van der Waals surface area (Å²) in [5.74, 6) is -0.269. The van der Waals surface area contributed by atoms with Crippen LogP contribution in [0.5, 0.6) is 0 Å². The van der Waals surface area contributed by atoms with Gasteiger partial charge >= 0.3 is 0 Å². The van der Waals surface area contributed by atoms with E-state index >= 15 is 0 Å². The number of carbonyl (C=O) groups is 2. The van der Waals surface area contributed by atoms with E-state index in [0.717, 1.165) is 0 Å². The number of anilines is 1. The molecule has 0 spiro atoms. The summed E-state index contributed by atoms with van der Waals surface area (Å²) in [5.41, 5.74) is 6.34. The van der Waals surface area contributed by atoms with Gasteiger partial charge in [-0.15, -0.1) is 0 Å². The van der Waals surface area contributed by atoms with Crippen LogP contribution in [-0.2, 0) is 4.79 Å². The Morgan fingerprint density at radius 2 is 1.95 bits per heavy atom. The van der Waals surface area contributed by atoms with E-state index in [4.69, 9.17) is 17.3 Å². The fraction of sp³-hybridized carbons (Fsp3) is 0.429. The van der Waals surface area contributed by atoms with E-state index in [1.54, 1.807) is 13.0 Å². The molecule has 2 amide bonds. The molecule has 0 bridgehead atoms. The van der Waals surface area contributed by atoms with Crippen molar-refractivity contribution in [1.82, 2.24) is 10.6 Å². The van der Waals surface area contributed by atoms with E-state index in [9.17, 15) is 9.59 Å². The summed E-state index contributed by atoms with van der Waals surface area (Å²) in [6.07, 6.45) is 0. The van der Waals surface area contributed by atoms with Crippen LogP contribution in [0.15, 0.2) is 18.2 Å². The van der Waals surface area contributed by atoms with Gasteiger partial charge in [-0.25, -0.2) is 0 Å². The van der Waals surface area contributed by atoms with Crippen LogP contribution in [0.25, 0.3) is 0 Å². The van der Waals surface area contributed by atoms with Crippen LogP contribution in [0.1, 0.15) is 31.1 Å². The Morgan fingerprint density at radius 1 is 1.30 bits per heavy atom. The number of nitrogens with two attached hydrogens (primary N) is 1. The highest BCUT2D eigenvalue weighted by Crippen LogP contribution is 2.19. The minimum absolute atomic E-state index is 0.224. The summed E-state index contributed by atoms with van der Waals surface area (Å²) in [6.45, 7) is 6.19. The normalized spacial score (nSPS) is 12.1. The van der Waals surface area contributed by atoms with Gasteiger partial charge in [0.15, 0.2) is 0 Å². The second kappa shape index (κ2) is 7.14. The van der Waals surface area contributed by atoms with Crippen LogP contribution >= 0.6 is 11.6 Å². The van der Waals surface area contributed by atoms with Gasteiger partial charge in [-0.3, -0.25) is 9.59 Å². The molecule has 5 nitrogen and oxygen atoms in total. The Hall–Kier alpha value is -1.75. The summed E-state index contributed by atoms with van der Waals surface area (Å²) >= 11 is 5.95. The van der Waals surface area contributed by atoms with Crippen molar-refractivity contribution in [3.63, 3.8) is 0 Å². The SMILES string of the molecule is CC(C)CNC(=O)C(C)NC(=O)c1ccc(N)cc1Cl. The Balaban J connectivity index is 2.63. The van der Waals surface area contributed by atoms with Crippen molar-refractivity contribution in [2.24, 2.45) is 5.92 Å². The summed E-state index contributed by atoms with van der Waals surface area (Å²) in [5, 5.41) is 5.62. The van der Waals surface area contributed by atoms with E-state index in [0.29, 0.717) is 23.7 Å². The lowest BCUT2D eigenvalue weighted by molar-refractivity contribution is -0.122. The predicted octanol–water partition coefficient (Wildman–Crippen LogP) is 1.81. The fourth-order valence-electron chi connectivity index (χ4n) is 1.51. The lowest BCUT2D eigenvalue weighted by Crippen LogP contribution is -2.45. The number of carbonyl (C=O) groups excluding carboxylic acids is 2. The fourth-order valence-corrected chi connectivity index (χ4v) is 1.79. The average Bonchev–Trinajstić information content (AvgIpc) is 2.35. The average molecular weight is 298 g/mol. The van der Waals surface area contributed by atoms with E-state index in [1.807, 2.05) is 13.8 Å². The highest BCUT2D eigenvalue weighted by atomic mass is 35.5. The second-order valence-electron chi connectivity index (χ2n) is 5.07. The smallest absolute Gasteiger partial charge is 0.253 e. The minimum Gasteiger partial charge on any atom is -0.399 e. The Morgan fingerprint density at radius 3 is 2.50 bits per heavy atom. The largest absolute Gasteiger partial charge is 0.399 e. The van der Waals surface area contributed by atoms with E-state index < -0.39 is 11.9 Å². The van der Waals surface area contributed by atoms with Gasteiger partial charge < -0.3 is 16.4 Å².